The minimum atomic E-state index is -0.133. The number of amides is 2. The van der Waals surface area contributed by atoms with E-state index in [1.165, 1.54) is 0 Å². The second-order valence-corrected chi connectivity index (χ2v) is 5.98. The van der Waals surface area contributed by atoms with Gasteiger partial charge in [-0.3, -0.25) is 9.59 Å². The molecule has 1 aliphatic heterocycles. The van der Waals surface area contributed by atoms with E-state index in [1.807, 2.05) is 37.3 Å². The zero-order valence-electron chi connectivity index (χ0n) is 14.7. The fourth-order valence-corrected chi connectivity index (χ4v) is 2.75. The van der Waals surface area contributed by atoms with Crippen molar-refractivity contribution in [2.75, 3.05) is 30.0 Å². The first-order valence-electron chi connectivity index (χ1n) is 8.72. The smallest absolute Gasteiger partial charge is 0.265 e. The zero-order valence-corrected chi connectivity index (χ0v) is 14.7. The molecule has 0 spiro atoms. The average molecular weight is 354 g/mol. The summed E-state index contributed by atoms with van der Waals surface area (Å²) in [6.07, 6.45) is 1.24. The normalized spacial score (nSPS) is 13.0. The fraction of sp³-hybridized carbons (Fsp3) is 0.300. The first-order valence-corrected chi connectivity index (χ1v) is 8.72. The van der Waals surface area contributed by atoms with Gasteiger partial charge in [0, 0.05) is 12.1 Å². The van der Waals surface area contributed by atoms with Gasteiger partial charge in [0.2, 0.25) is 5.91 Å². The minimum absolute atomic E-state index is 0.000122. The van der Waals surface area contributed by atoms with Crippen molar-refractivity contribution >= 4 is 23.2 Å². The predicted octanol–water partition coefficient (Wildman–Crippen LogP) is 3.23. The Balaban J connectivity index is 1.70. The Kier molecular flexibility index (Phi) is 5.73. The molecular weight excluding hydrogens is 332 g/mol. The Morgan fingerprint density at radius 1 is 1.23 bits per heavy atom. The molecule has 2 amide bonds. The van der Waals surface area contributed by atoms with Crippen LogP contribution in [0.4, 0.5) is 11.4 Å². The molecule has 1 N–H and O–H groups in total. The Labute approximate surface area is 152 Å². The third-order valence-corrected chi connectivity index (χ3v) is 3.99. The summed E-state index contributed by atoms with van der Waals surface area (Å²) < 4.78 is 11.2. The van der Waals surface area contributed by atoms with Crippen LogP contribution in [0.15, 0.2) is 48.5 Å². The summed E-state index contributed by atoms with van der Waals surface area (Å²) in [5, 5.41) is 2.85. The van der Waals surface area contributed by atoms with E-state index in [0.29, 0.717) is 36.7 Å². The number of nitrogens with zero attached hydrogens (tertiary/aromatic N) is 1. The summed E-state index contributed by atoms with van der Waals surface area (Å²) in [7, 11) is 0. The highest BCUT2D eigenvalue weighted by Gasteiger charge is 2.25. The molecular formula is C20H22N2O4. The monoisotopic (exact) mass is 354 g/mol. The van der Waals surface area contributed by atoms with E-state index in [1.54, 1.807) is 23.1 Å². The number of hydrogen-bond acceptors (Lipinski definition) is 4. The van der Waals surface area contributed by atoms with Gasteiger partial charge in [-0.1, -0.05) is 25.1 Å². The molecule has 2 aromatic carbocycles. The van der Waals surface area contributed by atoms with Gasteiger partial charge in [-0.15, -0.1) is 0 Å². The Bertz CT molecular complexity index is 777. The number of carbonyl (C=O) groups is 2. The van der Waals surface area contributed by atoms with E-state index < -0.39 is 0 Å². The summed E-state index contributed by atoms with van der Waals surface area (Å²) in [5.74, 6) is 1.20. The third-order valence-electron chi connectivity index (χ3n) is 3.99. The summed E-state index contributed by atoms with van der Waals surface area (Å²) in [4.78, 5) is 25.7. The highest BCUT2D eigenvalue weighted by Crippen LogP contribution is 2.34. The van der Waals surface area contributed by atoms with E-state index >= 15 is 0 Å². The molecule has 136 valence electrons. The second-order valence-electron chi connectivity index (χ2n) is 5.98. The Hall–Kier alpha value is -3.02. The predicted molar refractivity (Wildman–Crippen MR) is 99.8 cm³/mol. The van der Waals surface area contributed by atoms with Crippen LogP contribution >= 0.6 is 0 Å². The SMILES string of the molecule is CCCC(=O)Nc1ccc2c(c1)N(CCOc1ccccc1)C(=O)CO2. The van der Waals surface area contributed by atoms with E-state index in [0.717, 1.165) is 12.2 Å². The van der Waals surface area contributed by atoms with Gasteiger partial charge in [-0.05, 0) is 36.8 Å². The largest absolute Gasteiger partial charge is 0.492 e. The maximum Gasteiger partial charge on any atom is 0.265 e. The van der Waals surface area contributed by atoms with E-state index in [-0.39, 0.29) is 18.4 Å². The number of fused-ring (bicyclic) bond motifs is 1. The summed E-state index contributed by atoms with van der Waals surface area (Å²) in [5.41, 5.74) is 1.29. The molecule has 3 rings (SSSR count). The number of anilines is 2. The van der Waals surface area contributed by atoms with Gasteiger partial charge < -0.3 is 19.7 Å². The summed E-state index contributed by atoms with van der Waals surface area (Å²) >= 11 is 0. The van der Waals surface area contributed by atoms with E-state index in [4.69, 9.17) is 9.47 Å². The quantitative estimate of drug-likeness (QED) is 0.829. The zero-order chi connectivity index (χ0) is 18.4. The molecule has 1 aliphatic rings. The molecule has 0 bridgehead atoms. The van der Waals surface area contributed by atoms with Crippen molar-refractivity contribution in [3.05, 3.63) is 48.5 Å². The van der Waals surface area contributed by atoms with Gasteiger partial charge in [0.15, 0.2) is 6.61 Å². The van der Waals surface area contributed by atoms with Crippen molar-refractivity contribution in [3.8, 4) is 11.5 Å². The van der Waals surface area contributed by atoms with Crippen molar-refractivity contribution in [3.63, 3.8) is 0 Å². The van der Waals surface area contributed by atoms with E-state index in [2.05, 4.69) is 5.32 Å². The second kappa shape index (κ2) is 8.38. The molecule has 2 aromatic rings. The number of hydrogen-bond donors (Lipinski definition) is 1. The Morgan fingerprint density at radius 2 is 2.04 bits per heavy atom. The van der Waals surface area contributed by atoms with Crippen molar-refractivity contribution in [1.29, 1.82) is 0 Å². The maximum absolute atomic E-state index is 12.3. The Morgan fingerprint density at radius 3 is 2.81 bits per heavy atom. The molecule has 6 heteroatoms. The van der Waals surface area contributed by atoms with Gasteiger partial charge in [0.25, 0.3) is 5.91 Å². The lowest BCUT2D eigenvalue weighted by atomic mass is 10.2. The standard InChI is InChI=1S/C20H22N2O4/c1-2-6-19(23)21-15-9-10-18-17(13-15)22(20(24)14-26-18)11-12-25-16-7-4-3-5-8-16/h3-5,7-10,13H,2,6,11-12,14H2,1H3,(H,21,23). The number of rotatable bonds is 7. The number of carbonyl (C=O) groups excluding carboxylic acids is 2. The lowest BCUT2D eigenvalue weighted by Gasteiger charge is -2.29. The lowest BCUT2D eigenvalue weighted by molar-refractivity contribution is -0.121. The number of benzene rings is 2. The molecule has 0 saturated carbocycles. The molecule has 1 heterocycles. The highest BCUT2D eigenvalue weighted by molar-refractivity contribution is 5.99. The van der Waals surface area contributed by atoms with Crippen LogP contribution in [-0.4, -0.2) is 31.6 Å². The minimum Gasteiger partial charge on any atom is -0.492 e. The van der Waals surface area contributed by atoms with Crippen molar-refractivity contribution in [2.24, 2.45) is 0 Å². The number of para-hydroxylation sites is 1. The average Bonchev–Trinajstić information content (AvgIpc) is 2.64. The van der Waals surface area contributed by atoms with Crippen LogP contribution in [0, 0.1) is 0 Å². The van der Waals surface area contributed by atoms with Crippen LogP contribution in [0.25, 0.3) is 0 Å². The molecule has 26 heavy (non-hydrogen) atoms. The first-order chi connectivity index (χ1) is 12.7. The van der Waals surface area contributed by atoms with Crippen LogP contribution in [0.5, 0.6) is 11.5 Å². The topological polar surface area (TPSA) is 67.9 Å². The first kappa shape index (κ1) is 17.8. The third kappa shape index (κ3) is 4.33. The highest BCUT2D eigenvalue weighted by atomic mass is 16.5. The molecule has 0 radical (unpaired) electrons. The van der Waals surface area contributed by atoms with Crippen LogP contribution in [0.2, 0.25) is 0 Å². The van der Waals surface area contributed by atoms with Gasteiger partial charge >= 0.3 is 0 Å². The number of ether oxygens (including phenoxy) is 2. The number of nitrogens with one attached hydrogen (secondary N) is 1. The van der Waals surface area contributed by atoms with E-state index in [9.17, 15) is 9.59 Å². The van der Waals surface area contributed by atoms with Gasteiger partial charge in [0.05, 0.1) is 12.2 Å². The van der Waals surface area contributed by atoms with Crippen LogP contribution < -0.4 is 19.7 Å². The molecule has 0 atom stereocenters. The van der Waals surface area contributed by atoms with Crippen molar-refractivity contribution in [2.45, 2.75) is 19.8 Å². The maximum atomic E-state index is 12.3. The van der Waals surface area contributed by atoms with Crippen molar-refractivity contribution < 1.29 is 19.1 Å². The molecule has 6 nitrogen and oxygen atoms in total. The van der Waals surface area contributed by atoms with Crippen LogP contribution in [-0.2, 0) is 9.59 Å². The summed E-state index contributed by atoms with van der Waals surface area (Å²) in [6.45, 7) is 2.71. The fourth-order valence-electron chi connectivity index (χ4n) is 2.75. The van der Waals surface area contributed by atoms with Crippen LogP contribution in [0.3, 0.4) is 0 Å². The van der Waals surface area contributed by atoms with Crippen molar-refractivity contribution in [1.82, 2.24) is 0 Å². The van der Waals surface area contributed by atoms with Crippen LogP contribution in [0.1, 0.15) is 19.8 Å². The molecule has 0 fully saturated rings. The van der Waals surface area contributed by atoms with Gasteiger partial charge in [0.1, 0.15) is 18.1 Å². The molecule has 0 saturated heterocycles. The van der Waals surface area contributed by atoms with Gasteiger partial charge in [-0.25, -0.2) is 0 Å². The van der Waals surface area contributed by atoms with Gasteiger partial charge in [-0.2, -0.15) is 0 Å². The molecule has 0 aromatic heterocycles. The molecule has 0 unspecified atom stereocenters. The molecule has 0 aliphatic carbocycles. The lowest BCUT2D eigenvalue weighted by Crippen LogP contribution is -2.41. The summed E-state index contributed by atoms with van der Waals surface area (Å²) in [6, 6.07) is 14.8.